The number of hydrogen-bond acceptors (Lipinski definition) is 6. The largest absolute Gasteiger partial charge is 0.504 e. The van der Waals surface area contributed by atoms with Crippen LogP contribution >= 0.6 is 11.6 Å². The van der Waals surface area contributed by atoms with Gasteiger partial charge in [-0.2, -0.15) is 18.4 Å². The molecule has 23 heavy (non-hydrogen) atoms. The molecular weight excluding hydrogens is 344 g/mol. The molecule has 0 aliphatic rings. The molecule has 0 spiro atoms. The third kappa shape index (κ3) is 4.05. The number of phenolic OH excluding ortho intramolecular Hbond substituents is 2. The quantitative estimate of drug-likeness (QED) is 0.432. The van der Waals surface area contributed by atoms with Gasteiger partial charge in [-0.05, 0) is 42.0 Å². The Morgan fingerprint density at radius 1 is 1.17 bits per heavy atom. The van der Waals surface area contributed by atoms with Crippen LogP contribution < -0.4 is 9.57 Å². The molecule has 2 aromatic carbocycles. The number of rotatable bonds is 5. The van der Waals surface area contributed by atoms with Crippen LogP contribution in [0.5, 0.6) is 17.2 Å². The van der Waals surface area contributed by atoms with Gasteiger partial charge in [0, 0.05) is 5.02 Å². The molecule has 9 heteroatoms. The lowest BCUT2D eigenvalue weighted by Gasteiger charge is -2.09. The number of nitrogens with zero attached hydrogens (tertiary/aromatic N) is 1. The maximum atomic E-state index is 12.2. The van der Waals surface area contributed by atoms with Crippen molar-refractivity contribution >= 4 is 27.8 Å². The van der Waals surface area contributed by atoms with E-state index in [9.17, 15) is 18.6 Å². The Morgan fingerprint density at radius 2 is 1.91 bits per heavy atom. The first-order chi connectivity index (χ1) is 10.8. The number of aromatic hydroxyl groups is 2. The first-order valence-electron chi connectivity index (χ1n) is 6.24. The zero-order chi connectivity index (χ0) is 17.0. The molecule has 0 saturated carbocycles. The molecule has 0 bridgehead atoms. The number of sulfonamides is 1. The van der Waals surface area contributed by atoms with Crippen LogP contribution in [0.25, 0.3) is 0 Å². The monoisotopic (exact) mass is 356 g/mol. The molecule has 122 valence electrons. The van der Waals surface area contributed by atoms with Crippen molar-refractivity contribution in [2.75, 3.05) is 7.11 Å². The summed E-state index contributed by atoms with van der Waals surface area (Å²) in [6, 6.07) is 8.11. The first-order valence-corrected chi connectivity index (χ1v) is 8.10. The molecule has 0 radical (unpaired) electrons. The van der Waals surface area contributed by atoms with Crippen molar-refractivity contribution in [2.24, 2.45) is 5.10 Å². The van der Waals surface area contributed by atoms with Gasteiger partial charge in [-0.15, -0.1) is 0 Å². The van der Waals surface area contributed by atoms with E-state index in [1.54, 1.807) is 0 Å². The van der Waals surface area contributed by atoms with Crippen LogP contribution in [-0.4, -0.2) is 32.0 Å². The van der Waals surface area contributed by atoms with Crippen LogP contribution in [-0.2, 0) is 10.0 Å². The summed E-state index contributed by atoms with van der Waals surface area (Å²) in [4.78, 5) is 1.86. The zero-order valence-electron chi connectivity index (χ0n) is 11.9. The van der Waals surface area contributed by atoms with E-state index in [1.807, 2.05) is 4.83 Å². The number of benzene rings is 2. The van der Waals surface area contributed by atoms with Crippen molar-refractivity contribution in [2.45, 2.75) is 4.90 Å². The van der Waals surface area contributed by atoms with Crippen molar-refractivity contribution in [1.29, 1.82) is 0 Å². The molecule has 0 aromatic heterocycles. The number of hydrazone groups is 1. The SMILES string of the molecule is COc1ccc(Cl)cc1S(=O)(=O)N/N=C/c1ccc(O)c(O)c1. The third-order valence-electron chi connectivity index (χ3n) is 2.80. The summed E-state index contributed by atoms with van der Waals surface area (Å²) < 4.78 is 29.4. The number of halogens is 1. The van der Waals surface area contributed by atoms with Gasteiger partial charge in [0.2, 0.25) is 0 Å². The highest BCUT2D eigenvalue weighted by Crippen LogP contribution is 2.27. The van der Waals surface area contributed by atoms with Gasteiger partial charge in [0.25, 0.3) is 10.0 Å². The number of ether oxygens (including phenoxy) is 1. The minimum atomic E-state index is -3.98. The smallest absolute Gasteiger partial charge is 0.280 e. The Bertz CT molecular complexity index is 852. The molecule has 0 heterocycles. The summed E-state index contributed by atoms with van der Waals surface area (Å²) in [6.45, 7) is 0. The molecule has 7 nitrogen and oxygen atoms in total. The predicted molar refractivity (Wildman–Crippen MR) is 85.7 cm³/mol. The topological polar surface area (TPSA) is 108 Å². The van der Waals surface area contributed by atoms with Crippen molar-refractivity contribution in [1.82, 2.24) is 4.83 Å². The van der Waals surface area contributed by atoms with E-state index in [2.05, 4.69) is 5.10 Å². The lowest BCUT2D eigenvalue weighted by Crippen LogP contribution is -2.19. The molecule has 0 aliphatic heterocycles. The second-order valence-electron chi connectivity index (χ2n) is 4.40. The van der Waals surface area contributed by atoms with E-state index >= 15 is 0 Å². The summed E-state index contributed by atoms with van der Waals surface area (Å²) in [7, 11) is -2.65. The van der Waals surface area contributed by atoms with Crippen molar-refractivity contribution in [3.63, 3.8) is 0 Å². The van der Waals surface area contributed by atoms with Crippen LogP contribution in [0.2, 0.25) is 5.02 Å². The minimum Gasteiger partial charge on any atom is -0.504 e. The first kappa shape index (κ1) is 16.9. The number of hydrogen-bond donors (Lipinski definition) is 3. The predicted octanol–water partition coefficient (Wildman–Crippen LogP) is 2.07. The Hall–Kier alpha value is -2.45. The minimum absolute atomic E-state index is 0.124. The molecule has 0 amide bonds. The van der Waals surface area contributed by atoms with Crippen LogP contribution in [0.4, 0.5) is 0 Å². The van der Waals surface area contributed by atoms with E-state index in [4.69, 9.17) is 16.3 Å². The lowest BCUT2D eigenvalue weighted by atomic mass is 10.2. The number of phenols is 2. The average Bonchev–Trinajstić information content (AvgIpc) is 2.50. The molecule has 2 rings (SSSR count). The van der Waals surface area contributed by atoms with Crippen LogP contribution in [0.1, 0.15) is 5.56 Å². The summed E-state index contributed by atoms with van der Waals surface area (Å²) >= 11 is 5.80. The summed E-state index contributed by atoms with van der Waals surface area (Å²) in [5.74, 6) is -0.501. The molecule has 0 fully saturated rings. The second-order valence-corrected chi connectivity index (χ2v) is 6.46. The fraction of sp³-hybridized carbons (Fsp3) is 0.0714. The highest BCUT2D eigenvalue weighted by molar-refractivity contribution is 7.89. The van der Waals surface area contributed by atoms with Gasteiger partial charge in [0.15, 0.2) is 11.5 Å². The van der Waals surface area contributed by atoms with Crippen molar-refractivity contribution < 1.29 is 23.4 Å². The van der Waals surface area contributed by atoms with Gasteiger partial charge in [0.1, 0.15) is 10.6 Å². The summed E-state index contributed by atoms with van der Waals surface area (Å²) in [5, 5.41) is 22.4. The van der Waals surface area contributed by atoms with E-state index in [1.165, 1.54) is 49.7 Å². The van der Waals surface area contributed by atoms with Crippen LogP contribution in [0.3, 0.4) is 0 Å². The molecule has 3 N–H and O–H groups in total. The Kier molecular flexibility index (Phi) is 4.97. The molecule has 0 atom stereocenters. The van der Waals surface area contributed by atoms with Gasteiger partial charge in [-0.25, -0.2) is 0 Å². The molecule has 0 unspecified atom stereocenters. The molecule has 0 saturated heterocycles. The standard InChI is InChI=1S/C14H13ClN2O5S/c1-22-13-5-3-10(15)7-14(13)23(20,21)17-16-8-9-2-4-11(18)12(19)6-9/h2-8,17-19H,1H3/b16-8+. The van der Waals surface area contributed by atoms with Crippen molar-refractivity contribution in [3.8, 4) is 17.2 Å². The summed E-state index contributed by atoms with van der Waals surface area (Å²) in [6.07, 6.45) is 1.17. The number of methoxy groups -OCH3 is 1. The van der Waals surface area contributed by atoms with Gasteiger partial charge < -0.3 is 14.9 Å². The van der Waals surface area contributed by atoms with E-state index < -0.39 is 10.0 Å². The van der Waals surface area contributed by atoms with Crippen LogP contribution in [0.15, 0.2) is 46.4 Å². The van der Waals surface area contributed by atoms with Crippen LogP contribution in [0, 0.1) is 0 Å². The molecule has 0 aliphatic carbocycles. The highest BCUT2D eigenvalue weighted by atomic mass is 35.5. The second kappa shape index (κ2) is 6.76. The fourth-order valence-corrected chi connectivity index (χ4v) is 2.93. The maximum absolute atomic E-state index is 12.2. The maximum Gasteiger partial charge on any atom is 0.280 e. The fourth-order valence-electron chi connectivity index (χ4n) is 1.70. The zero-order valence-corrected chi connectivity index (χ0v) is 13.5. The van der Waals surface area contributed by atoms with E-state index in [-0.39, 0.29) is 27.2 Å². The molecular formula is C14H13ClN2O5S. The van der Waals surface area contributed by atoms with Gasteiger partial charge in [-0.3, -0.25) is 0 Å². The van der Waals surface area contributed by atoms with E-state index in [0.717, 1.165) is 0 Å². The Balaban J connectivity index is 2.23. The lowest BCUT2D eigenvalue weighted by molar-refractivity contribution is 0.402. The van der Waals surface area contributed by atoms with E-state index in [0.29, 0.717) is 5.56 Å². The Labute approximate surface area is 137 Å². The third-order valence-corrected chi connectivity index (χ3v) is 4.28. The van der Waals surface area contributed by atoms with Gasteiger partial charge in [0.05, 0.1) is 13.3 Å². The van der Waals surface area contributed by atoms with Crippen molar-refractivity contribution in [3.05, 3.63) is 47.0 Å². The Morgan fingerprint density at radius 3 is 2.57 bits per heavy atom. The number of nitrogens with one attached hydrogen (secondary N) is 1. The van der Waals surface area contributed by atoms with Gasteiger partial charge in [-0.1, -0.05) is 11.6 Å². The highest BCUT2D eigenvalue weighted by Gasteiger charge is 2.19. The average molecular weight is 357 g/mol. The summed E-state index contributed by atoms with van der Waals surface area (Å²) in [5.41, 5.74) is 0.390. The van der Waals surface area contributed by atoms with Gasteiger partial charge >= 0.3 is 0 Å². The normalized spacial score (nSPS) is 11.6. The molecule has 2 aromatic rings.